The van der Waals surface area contributed by atoms with E-state index >= 15 is 0 Å². The lowest BCUT2D eigenvalue weighted by molar-refractivity contribution is -0.405. The first-order valence-corrected chi connectivity index (χ1v) is 5.46. The van der Waals surface area contributed by atoms with E-state index in [9.17, 15) is 4.79 Å². The van der Waals surface area contributed by atoms with Crippen molar-refractivity contribution >= 4 is 5.78 Å². The second-order valence-corrected chi connectivity index (χ2v) is 4.80. The van der Waals surface area contributed by atoms with Crippen molar-refractivity contribution in [1.29, 1.82) is 0 Å². The zero-order valence-electron chi connectivity index (χ0n) is 10.1. The van der Waals surface area contributed by atoms with Crippen molar-refractivity contribution in [2.24, 2.45) is 0 Å². The van der Waals surface area contributed by atoms with Gasteiger partial charge in [0.1, 0.15) is 6.61 Å². The minimum atomic E-state index is -1.08. The number of rotatable bonds is 1. The summed E-state index contributed by atoms with van der Waals surface area (Å²) in [5.74, 6) is -1.84. The molecule has 2 rings (SSSR count). The van der Waals surface area contributed by atoms with Gasteiger partial charge in [-0.25, -0.2) is 0 Å². The predicted molar refractivity (Wildman–Crippen MR) is 54.8 cm³/mol. The summed E-state index contributed by atoms with van der Waals surface area (Å²) in [6, 6.07) is 0. The van der Waals surface area contributed by atoms with E-state index in [1.165, 1.54) is 7.11 Å². The van der Waals surface area contributed by atoms with Crippen molar-refractivity contribution in [2.75, 3.05) is 13.7 Å². The van der Waals surface area contributed by atoms with Crippen LogP contribution in [0.4, 0.5) is 0 Å². The summed E-state index contributed by atoms with van der Waals surface area (Å²) in [5, 5.41) is 0. The van der Waals surface area contributed by atoms with E-state index in [2.05, 4.69) is 0 Å². The number of Topliss-reactive ketones (excluding diaryl/α,β-unsaturated/α-hetero) is 1. The zero-order valence-corrected chi connectivity index (χ0v) is 10.1. The third-order valence-electron chi connectivity index (χ3n) is 2.95. The molecule has 2 aliphatic rings. The number of carbonyl (C=O) groups excluding carboxylic acids is 1. The molecule has 0 saturated carbocycles. The molecule has 0 unspecified atom stereocenters. The maximum absolute atomic E-state index is 12.0. The van der Waals surface area contributed by atoms with Crippen LogP contribution in [-0.4, -0.2) is 43.3 Å². The van der Waals surface area contributed by atoms with Crippen LogP contribution in [0.15, 0.2) is 0 Å². The van der Waals surface area contributed by atoms with E-state index in [-0.39, 0.29) is 18.5 Å². The van der Waals surface area contributed by atoms with E-state index in [0.717, 1.165) is 0 Å². The summed E-state index contributed by atoms with van der Waals surface area (Å²) in [7, 11) is 1.50. The van der Waals surface area contributed by atoms with E-state index < -0.39 is 17.7 Å². The highest BCUT2D eigenvalue weighted by atomic mass is 16.8. The number of carbonyl (C=O) groups is 1. The van der Waals surface area contributed by atoms with Crippen molar-refractivity contribution in [3.8, 4) is 0 Å². The summed E-state index contributed by atoms with van der Waals surface area (Å²) < 4.78 is 22.1. The van der Waals surface area contributed by atoms with Gasteiger partial charge in [-0.2, -0.15) is 0 Å². The van der Waals surface area contributed by atoms with Gasteiger partial charge in [0.05, 0.1) is 6.10 Å². The lowest BCUT2D eigenvalue weighted by Crippen LogP contribution is -2.66. The van der Waals surface area contributed by atoms with Gasteiger partial charge in [0.25, 0.3) is 0 Å². The first-order valence-electron chi connectivity index (χ1n) is 5.46. The van der Waals surface area contributed by atoms with Crippen LogP contribution in [0.1, 0.15) is 27.2 Å². The summed E-state index contributed by atoms with van der Waals surface area (Å²) in [6.07, 6.45) is -0.513. The highest BCUT2D eigenvalue weighted by molar-refractivity contribution is 5.85. The average Bonchev–Trinajstić information content (AvgIpc) is 2.19. The van der Waals surface area contributed by atoms with Crippen LogP contribution in [0.3, 0.4) is 0 Å². The van der Waals surface area contributed by atoms with Crippen molar-refractivity contribution in [3.05, 3.63) is 0 Å². The fourth-order valence-corrected chi connectivity index (χ4v) is 2.15. The lowest BCUT2D eigenvalue weighted by atomic mass is 9.95. The van der Waals surface area contributed by atoms with Gasteiger partial charge in [-0.15, -0.1) is 0 Å². The second-order valence-electron chi connectivity index (χ2n) is 4.80. The number of ketones is 1. The highest BCUT2D eigenvalue weighted by Crippen LogP contribution is 2.37. The third-order valence-corrected chi connectivity index (χ3v) is 2.95. The Morgan fingerprint density at radius 1 is 1.38 bits per heavy atom. The number of hydrogen-bond acceptors (Lipinski definition) is 5. The minimum Gasteiger partial charge on any atom is -0.349 e. The lowest BCUT2D eigenvalue weighted by Gasteiger charge is -2.50. The number of methoxy groups -OCH3 is 1. The summed E-state index contributed by atoms with van der Waals surface area (Å²) in [5.41, 5.74) is 0. The van der Waals surface area contributed by atoms with Gasteiger partial charge in [0.15, 0.2) is 17.7 Å². The minimum absolute atomic E-state index is 0.0111. The molecule has 5 nitrogen and oxygen atoms in total. The highest BCUT2D eigenvalue weighted by Gasteiger charge is 2.56. The molecular formula is C11H18O5. The van der Waals surface area contributed by atoms with Crippen LogP contribution >= 0.6 is 0 Å². The Kier molecular flexibility index (Phi) is 2.82. The van der Waals surface area contributed by atoms with Gasteiger partial charge < -0.3 is 18.9 Å². The first-order chi connectivity index (χ1) is 7.38. The summed E-state index contributed by atoms with van der Waals surface area (Å²) in [4.78, 5) is 12.0. The monoisotopic (exact) mass is 230 g/mol. The Bertz CT molecular complexity index is 301. The number of ether oxygens (including phenoxy) is 4. The van der Waals surface area contributed by atoms with Crippen LogP contribution in [-0.2, 0) is 23.7 Å². The largest absolute Gasteiger partial charge is 0.349 e. The number of fused-ring (bicyclic) bond motifs is 1. The fourth-order valence-electron chi connectivity index (χ4n) is 2.15. The van der Waals surface area contributed by atoms with Crippen LogP contribution < -0.4 is 0 Å². The first kappa shape index (κ1) is 12.0. The van der Waals surface area contributed by atoms with Crippen molar-refractivity contribution in [1.82, 2.24) is 0 Å². The third kappa shape index (κ3) is 1.88. The van der Waals surface area contributed by atoms with Gasteiger partial charge in [-0.05, 0) is 20.8 Å². The normalized spacial score (nSPS) is 42.9. The molecule has 0 aromatic rings. The molecule has 2 heterocycles. The van der Waals surface area contributed by atoms with Crippen LogP contribution in [0, 0.1) is 0 Å². The SMILES string of the molecule is CO[C@@]12COC(C)(C)O[C@@H]1C(=O)C[C@H](C)O2. The second kappa shape index (κ2) is 3.77. The molecule has 0 radical (unpaired) electrons. The average molecular weight is 230 g/mol. The Labute approximate surface area is 95.0 Å². The van der Waals surface area contributed by atoms with Crippen LogP contribution in [0.25, 0.3) is 0 Å². The Hall–Kier alpha value is -0.490. The van der Waals surface area contributed by atoms with E-state index in [1.807, 2.05) is 6.92 Å². The smallest absolute Gasteiger partial charge is 0.226 e. The van der Waals surface area contributed by atoms with Gasteiger partial charge in [-0.3, -0.25) is 4.79 Å². The zero-order chi connectivity index (χ0) is 12.0. The molecule has 0 N–H and O–H groups in total. The van der Waals surface area contributed by atoms with E-state index in [0.29, 0.717) is 6.42 Å². The quantitative estimate of drug-likeness (QED) is 0.668. The molecule has 2 fully saturated rings. The molecule has 0 amide bonds. The van der Waals surface area contributed by atoms with Gasteiger partial charge in [0.2, 0.25) is 5.79 Å². The Balaban J connectivity index is 2.27. The predicted octanol–water partition coefficient (Wildman–Crippen LogP) is 0.858. The molecular weight excluding hydrogens is 212 g/mol. The van der Waals surface area contributed by atoms with Crippen molar-refractivity contribution in [3.63, 3.8) is 0 Å². The Morgan fingerprint density at radius 2 is 2.06 bits per heavy atom. The van der Waals surface area contributed by atoms with E-state index in [1.54, 1.807) is 13.8 Å². The van der Waals surface area contributed by atoms with Crippen molar-refractivity contribution < 1.29 is 23.7 Å². The van der Waals surface area contributed by atoms with Crippen LogP contribution in [0.2, 0.25) is 0 Å². The van der Waals surface area contributed by atoms with Crippen molar-refractivity contribution in [2.45, 2.75) is 51.0 Å². The molecule has 2 aliphatic heterocycles. The Morgan fingerprint density at radius 3 is 2.69 bits per heavy atom. The number of hydrogen-bond donors (Lipinski definition) is 0. The molecule has 16 heavy (non-hydrogen) atoms. The molecule has 5 heteroatoms. The topological polar surface area (TPSA) is 54.0 Å². The van der Waals surface area contributed by atoms with Crippen LogP contribution in [0.5, 0.6) is 0 Å². The standard InChI is InChI=1S/C11H18O5/c1-7-5-8(12)9-11(13-4,15-7)6-14-10(2,3)16-9/h7,9H,5-6H2,1-4H3/t7-,9+,11+/m0/s1. The fraction of sp³-hybridized carbons (Fsp3) is 0.909. The molecule has 0 spiro atoms. The maximum Gasteiger partial charge on any atom is 0.226 e. The molecule has 0 bridgehead atoms. The van der Waals surface area contributed by atoms with Gasteiger partial charge in [0, 0.05) is 13.5 Å². The molecule has 92 valence electrons. The van der Waals surface area contributed by atoms with Gasteiger partial charge in [-0.1, -0.05) is 0 Å². The summed E-state index contributed by atoms with van der Waals surface area (Å²) >= 11 is 0. The summed E-state index contributed by atoms with van der Waals surface area (Å²) in [6.45, 7) is 5.60. The van der Waals surface area contributed by atoms with Gasteiger partial charge >= 0.3 is 0 Å². The molecule has 0 aromatic heterocycles. The molecule has 0 aliphatic carbocycles. The molecule has 2 saturated heterocycles. The van der Waals surface area contributed by atoms with E-state index in [4.69, 9.17) is 18.9 Å². The maximum atomic E-state index is 12.0. The molecule has 3 atom stereocenters. The molecule has 0 aromatic carbocycles.